The van der Waals surface area contributed by atoms with Crippen molar-refractivity contribution in [2.75, 3.05) is 13.7 Å². The van der Waals surface area contributed by atoms with Gasteiger partial charge >= 0.3 is 0 Å². The van der Waals surface area contributed by atoms with Gasteiger partial charge < -0.3 is 24.7 Å². The number of aliphatic hydroxyl groups excluding tert-OH is 1. The van der Waals surface area contributed by atoms with Gasteiger partial charge in [0, 0.05) is 5.56 Å². The lowest BCUT2D eigenvalue weighted by atomic mass is 10.1. The van der Waals surface area contributed by atoms with Gasteiger partial charge in [0.2, 0.25) is 11.2 Å². The molecule has 4 aromatic rings. The van der Waals surface area contributed by atoms with E-state index in [4.69, 9.17) is 24.7 Å². The number of hydrogen-bond donors (Lipinski definition) is 2. The summed E-state index contributed by atoms with van der Waals surface area (Å²) in [5.41, 5.74) is 7.71. The molecule has 162 valence electrons. The fourth-order valence-electron chi connectivity index (χ4n) is 3.23. The first-order chi connectivity index (χ1) is 15.6. The molecule has 0 aliphatic heterocycles. The highest BCUT2D eigenvalue weighted by Gasteiger charge is 2.18. The molecule has 1 heterocycles. The second-order valence-electron chi connectivity index (χ2n) is 7.03. The molecule has 0 aliphatic rings. The van der Waals surface area contributed by atoms with Gasteiger partial charge in [-0.2, -0.15) is 0 Å². The summed E-state index contributed by atoms with van der Waals surface area (Å²) in [5, 5.41) is 9.42. The molecule has 0 spiro atoms. The molecular weight excluding hydrogens is 408 g/mol. The van der Waals surface area contributed by atoms with Crippen LogP contribution in [0.25, 0.3) is 22.3 Å². The van der Waals surface area contributed by atoms with E-state index in [0.717, 1.165) is 5.56 Å². The Labute approximate surface area is 184 Å². The number of nitrogens with two attached hydrogens (primary N) is 1. The predicted molar refractivity (Wildman–Crippen MR) is 124 cm³/mol. The topological polar surface area (TPSA) is 107 Å². The molecule has 0 atom stereocenters. The van der Waals surface area contributed by atoms with Crippen molar-refractivity contribution >= 4 is 22.5 Å². The molecular formula is C25H22N2O5. The summed E-state index contributed by atoms with van der Waals surface area (Å²) in [6, 6.07) is 21.6. The van der Waals surface area contributed by atoms with Crippen LogP contribution in [-0.4, -0.2) is 24.7 Å². The van der Waals surface area contributed by atoms with Crippen LogP contribution in [0.4, 0.5) is 5.69 Å². The van der Waals surface area contributed by atoms with Crippen LogP contribution < -0.4 is 20.6 Å². The number of amidine groups is 1. The molecule has 7 heteroatoms. The zero-order chi connectivity index (χ0) is 22.5. The highest BCUT2D eigenvalue weighted by molar-refractivity contribution is 5.88. The minimum absolute atomic E-state index is 0.0455. The lowest BCUT2D eigenvalue weighted by Crippen LogP contribution is -2.15. The van der Waals surface area contributed by atoms with Crippen molar-refractivity contribution < 1.29 is 19.0 Å². The maximum absolute atomic E-state index is 13.4. The standard InChI is InChI=1S/C25H22N2O5/c1-30-19-10-7-17(8-11-19)24-25(31-15-16-5-3-2-4-6-16)23(29)20-13-18(27-22(26)14-28)9-12-21(20)32-24/h2-13,28H,14-15H2,1H3,(H2,26,27). The van der Waals surface area contributed by atoms with Crippen LogP contribution in [0, 0.1) is 0 Å². The van der Waals surface area contributed by atoms with E-state index in [-0.39, 0.29) is 30.2 Å². The molecule has 32 heavy (non-hydrogen) atoms. The molecule has 0 bridgehead atoms. The minimum atomic E-state index is -0.380. The normalized spacial score (nSPS) is 11.5. The average molecular weight is 430 g/mol. The van der Waals surface area contributed by atoms with Gasteiger partial charge in [0.15, 0.2) is 5.76 Å². The summed E-state index contributed by atoms with van der Waals surface area (Å²) in [6.45, 7) is -0.177. The van der Waals surface area contributed by atoms with Gasteiger partial charge in [-0.1, -0.05) is 30.3 Å². The highest BCUT2D eigenvalue weighted by atomic mass is 16.5. The van der Waals surface area contributed by atoms with Crippen LogP contribution in [0.3, 0.4) is 0 Å². The molecule has 0 aliphatic carbocycles. The molecule has 0 radical (unpaired) electrons. The van der Waals surface area contributed by atoms with E-state index in [2.05, 4.69) is 4.99 Å². The Morgan fingerprint density at radius 3 is 2.50 bits per heavy atom. The first kappa shape index (κ1) is 21.1. The summed E-state index contributed by atoms with van der Waals surface area (Å²) >= 11 is 0. The molecule has 0 saturated heterocycles. The van der Waals surface area contributed by atoms with E-state index in [0.29, 0.717) is 33.7 Å². The summed E-state index contributed by atoms with van der Waals surface area (Å²) in [7, 11) is 1.59. The summed E-state index contributed by atoms with van der Waals surface area (Å²) < 4.78 is 17.3. The fraction of sp³-hybridized carbons (Fsp3) is 0.120. The number of fused-ring (bicyclic) bond motifs is 1. The van der Waals surface area contributed by atoms with Crippen LogP contribution in [0.5, 0.6) is 11.5 Å². The van der Waals surface area contributed by atoms with E-state index in [1.807, 2.05) is 30.3 Å². The van der Waals surface area contributed by atoms with Gasteiger partial charge in [0.25, 0.3) is 0 Å². The number of ether oxygens (including phenoxy) is 2. The lowest BCUT2D eigenvalue weighted by molar-refractivity contribution is 0.298. The first-order valence-corrected chi connectivity index (χ1v) is 9.95. The summed E-state index contributed by atoms with van der Waals surface area (Å²) in [5.74, 6) is 1.16. The number of benzene rings is 3. The quantitative estimate of drug-likeness (QED) is 0.339. The Hall–Kier alpha value is -4.10. The van der Waals surface area contributed by atoms with Crippen molar-refractivity contribution in [2.24, 2.45) is 10.7 Å². The van der Waals surface area contributed by atoms with E-state index in [1.165, 1.54) is 0 Å². The molecule has 3 aromatic carbocycles. The zero-order valence-corrected chi connectivity index (χ0v) is 17.4. The molecule has 3 N–H and O–H groups in total. The van der Waals surface area contributed by atoms with Gasteiger partial charge in [0.1, 0.15) is 30.4 Å². The van der Waals surface area contributed by atoms with Gasteiger partial charge in [-0.25, -0.2) is 4.99 Å². The van der Waals surface area contributed by atoms with Crippen LogP contribution in [0.2, 0.25) is 0 Å². The second-order valence-corrected chi connectivity index (χ2v) is 7.03. The number of hydrogen-bond acceptors (Lipinski definition) is 6. The summed E-state index contributed by atoms with van der Waals surface area (Å²) in [4.78, 5) is 17.5. The third-order valence-corrected chi connectivity index (χ3v) is 4.85. The number of nitrogens with zero attached hydrogens (tertiary/aromatic N) is 1. The Bertz CT molecular complexity index is 1310. The molecule has 0 amide bonds. The second kappa shape index (κ2) is 9.36. The third-order valence-electron chi connectivity index (χ3n) is 4.85. The Balaban J connectivity index is 1.85. The van der Waals surface area contributed by atoms with Crippen LogP contribution >= 0.6 is 0 Å². The van der Waals surface area contributed by atoms with Gasteiger partial charge in [0.05, 0.1) is 18.2 Å². The Morgan fingerprint density at radius 1 is 1.06 bits per heavy atom. The van der Waals surface area contributed by atoms with Crippen LogP contribution in [-0.2, 0) is 6.61 Å². The maximum atomic E-state index is 13.4. The van der Waals surface area contributed by atoms with E-state index in [1.54, 1.807) is 49.6 Å². The van der Waals surface area contributed by atoms with Crippen LogP contribution in [0.1, 0.15) is 5.56 Å². The SMILES string of the molecule is COc1ccc(-c2oc3ccc(N=C(N)CO)cc3c(=O)c2OCc2ccccc2)cc1. The average Bonchev–Trinajstić information content (AvgIpc) is 2.84. The van der Waals surface area contributed by atoms with Crippen molar-refractivity contribution in [2.45, 2.75) is 6.61 Å². The molecule has 1 aromatic heterocycles. The van der Waals surface area contributed by atoms with Crippen molar-refractivity contribution in [1.82, 2.24) is 0 Å². The zero-order valence-electron chi connectivity index (χ0n) is 17.4. The van der Waals surface area contributed by atoms with E-state index in [9.17, 15) is 4.79 Å². The van der Waals surface area contributed by atoms with E-state index >= 15 is 0 Å². The first-order valence-electron chi connectivity index (χ1n) is 9.95. The number of aliphatic hydroxyl groups is 1. The smallest absolute Gasteiger partial charge is 0.235 e. The maximum Gasteiger partial charge on any atom is 0.235 e. The molecule has 0 fully saturated rings. The largest absolute Gasteiger partial charge is 0.497 e. The fourth-order valence-corrected chi connectivity index (χ4v) is 3.23. The van der Waals surface area contributed by atoms with Crippen molar-refractivity contribution in [3.05, 3.63) is 88.6 Å². The van der Waals surface area contributed by atoms with Crippen molar-refractivity contribution in [3.8, 4) is 22.8 Å². The van der Waals surface area contributed by atoms with Crippen molar-refractivity contribution in [3.63, 3.8) is 0 Å². The predicted octanol–water partition coefficient (Wildman–Crippen LogP) is 4.03. The molecule has 4 rings (SSSR count). The Kier molecular flexibility index (Phi) is 6.19. The van der Waals surface area contributed by atoms with Gasteiger partial charge in [-0.15, -0.1) is 0 Å². The minimum Gasteiger partial charge on any atom is -0.497 e. The Morgan fingerprint density at radius 2 is 1.81 bits per heavy atom. The lowest BCUT2D eigenvalue weighted by Gasteiger charge is -2.12. The number of rotatable bonds is 7. The highest BCUT2D eigenvalue weighted by Crippen LogP contribution is 2.33. The monoisotopic (exact) mass is 430 g/mol. The van der Waals surface area contributed by atoms with Crippen LogP contribution in [0.15, 0.2) is 87.0 Å². The third kappa shape index (κ3) is 4.48. The van der Waals surface area contributed by atoms with E-state index < -0.39 is 0 Å². The summed E-state index contributed by atoms with van der Waals surface area (Å²) in [6.07, 6.45) is 0. The van der Waals surface area contributed by atoms with Gasteiger partial charge in [-0.3, -0.25) is 4.79 Å². The molecule has 7 nitrogen and oxygen atoms in total. The van der Waals surface area contributed by atoms with Gasteiger partial charge in [-0.05, 0) is 48.0 Å². The number of aliphatic imine (C=N–C) groups is 1. The molecule has 0 saturated carbocycles. The van der Waals surface area contributed by atoms with Crippen molar-refractivity contribution in [1.29, 1.82) is 0 Å². The molecule has 0 unspecified atom stereocenters. The number of methoxy groups -OCH3 is 1.